The van der Waals surface area contributed by atoms with Crippen LogP contribution in [-0.2, 0) is 15.8 Å². The number of primary amides is 1. The predicted molar refractivity (Wildman–Crippen MR) is 161 cm³/mol. The molecule has 234 valence electrons. The van der Waals surface area contributed by atoms with Crippen molar-refractivity contribution < 1.29 is 32.3 Å². The van der Waals surface area contributed by atoms with Crippen LogP contribution in [0.4, 0.5) is 23.7 Å². The van der Waals surface area contributed by atoms with Gasteiger partial charge in [0.25, 0.3) is 5.91 Å². The summed E-state index contributed by atoms with van der Waals surface area (Å²) >= 11 is 0. The number of rotatable bonds is 7. The van der Waals surface area contributed by atoms with Gasteiger partial charge in [-0.3, -0.25) is 19.9 Å². The number of hydrogen-bond donors (Lipinski definition) is 2. The Kier molecular flexibility index (Phi) is 9.56. The number of alkyl halides is 3. The Morgan fingerprint density at radius 3 is 2.18 bits per heavy atom. The number of hydrazine groups is 1. The second kappa shape index (κ2) is 13.0. The zero-order chi connectivity index (χ0) is 32.2. The molecule has 1 saturated heterocycles. The second-order valence-electron chi connectivity index (χ2n) is 12.1. The minimum absolute atomic E-state index is 0.0682. The van der Waals surface area contributed by atoms with E-state index in [1.54, 1.807) is 24.3 Å². The first-order valence-electron chi connectivity index (χ1n) is 14.3. The van der Waals surface area contributed by atoms with Crippen molar-refractivity contribution in [2.75, 3.05) is 12.0 Å². The second-order valence-corrected chi connectivity index (χ2v) is 12.1. The molecule has 1 fully saturated rings. The number of benzene rings is 3. The van der Waals surface area contributed by atoms with Crippen molar-refractivity contribution >= 4 is 23.5 Å². The number of nitrogens with one attached hydrogen (secondary N) is 1. The first-order chi connectivity index (χ1) is 20.7. The number of halogens is 3. The van der Waals surface area contributed by atoms with E-state index < -0.39 is 47.1 Å². The average Bonchev–Trinajstić information content (AvgIpc) is 3.09. The van der Waals surface area contributed by atoms with E-state index in [-0.39, 0.29) is 25.2 Å². The van der Waals surface area contributed by atoms with Gasteiger partial charge in [-0.2, -0.15) is 13.2 Å². The number of carbonyl (C=O) groups excluding carboxylic acids is 3. The quantitative estimate of drug-likeness (QED) is 0.315. The van der Waals surface area contributed by atoms with E-state index >= 15 is 0 Å². The highest BCUT2D eigenvalue weighted by Crippen LogP contribution is 2.41. The number of nitrogens with two attached hydrogens (primary N) is 1. The van der Waals surface area contributed by atoms with Crippen LogP contribution in [0.15, 0.2) is 78.9 Å². The van der Waals surface area contributed by atoms with Crippen molar-refractivity contribution in [3.63, 3.8) is 0 Å². The van der Waals surface area contributed by atoms with Crippen LogP contribution in [-0.4, -0.2) is 36.0 Å². The van der Waals surface area contributed by atoms with Gasteiger partial charge in [0.2, 0.25) is 5.91 Å². The number of urea groups is 1. The highest BCUT2D eigenvalue weighted by Gasteiger charge is 2.44. The fourth-order valence-electron chi connectivity index (χ4n) is 5.56. The summed E-state index contributed by atoms with van der Waals surface area (Å²) in [6.07, 6.45) is -4.10. The van der Waals surface area contributed by atoms with E-state index in [4.69, 9.17) is 10.5 Å². The van der Waals surface area contributed by atoms with Gasteiger partial charge in [0, 0.05) is 12.5 Å². The number of methoxy groups -OCH3 is 1. The maximum Gasteiger partial charge on any atom is 0.416 e. The molecule has 1 heterocycles. The number of anilines is 1. The smallest absolute Gasteiger partial charge is 0.416 e. The molecule has 3 aromatic rings. The van der Waals surface area contributed by atoms with Gasteiger partial charge in [-0.05, 0) is 59.6 Å². The normalized spacial score (nSPS) is 19.2. The minimum Gasteiger partial charge on any atom is -0.497 e. The molecule has 0 saturated carbocycles. The SMILES string of the molecule is COc1cccc(N(C(N)=O)[C@@H]2C[C@H](c3ccccc3)CC(c3ccc(C(F)(F)F)cc3)N(NC(=O)CC(C)(C)C)C2=O)c1. The first kappa shape index (κ1) is 32.4. The van der Waals surface area contributed by atoms with E-state index in [1.807, 2.05) is 51.1 Å². The Bertz CT molecular complexity index is 1470. The van der Waals surface area contributed by atoms with Gasteiger partial charge in [-0.1, -0.05) is 69.3 Å². The number of nitrogens with zero attached hydrogens (tertiary/aromatic N) is 2. The van der Waals surface area contributed by atoms with Gasteiger partial charge in [0.05, 0.1) is 24.4 Å². The van der Waals surface area contributed by atoms with Crippen LogP contribution in [0.1, 0.15) is 68.7 Å². The Morgan fingerprint density at radius 2 is 1.61 bits per heavy atom. The third kappa shape index (κ3) is 7.69. The van der Waals surface area contributed by atoms with Gasteiger partial charge in [-0.15, -0.1) is 0 Å². The molecule has 8 nitrogen and oxygen atoms in total. The van der Waals surface area contributed by atoms with Crippen LogP contribution in [0.5, 0.6) is 5.75 Å². The Morgan fingerprint density at radius 1 is 0.955 bits per heavy atom. The van der Waals surface area contributed by atoms with E-state index in [0.29, 0.717) is 17.0 Å². The lowest BCUT2D eigenvalue weighted by atomic mass is 9.86. The largest absolute Gasteiger partial charge is 0.497 e. The summed E-state index contributed by atoms with van der Waals surface area (Å²) in [4.78, 5) is 42.1. The molecule has 1 aliphatic heterocycles. The highest BCUT2D eigenvalue weighted by atomic mass is 19.4. The molecule has 4 rings (SSSR count). The van der Waals surface area contributed by atoms with Crippen molar-refractivity contribution in [3.05, 3.63) is 95.6 Å². The molecule has 3 atom stereocenters. The lowest BCUT2D eigenvalue weighted by Crippen LogP contribution is -2.57. The summed E-state index contributed by atoms with van der Waals surface area (Å²) in [7, 11) is 1.47. The fraction of sp³-hybridized carbons (Fsp3) is 0.364. The number of hydrogen-bond acceptors (Lipinski definition) is 4. The maximum atomic E-state index is 14.6. The number of amides is 4. The van der Waals surface area contributed by atoms with Crippen LogP contribution in [0.2, 0.25) is 0 Å². The molecular formula is C33H37F3N4O4. The van der Waals surface area contributed by atoms with E-state index in [1.165, 1.54) is 29.2 Å². The van der Waals surface area contributed by atoms with Crippen LogP contribution < -0.4 is 20.8 Å². The van der Waals surface area contributed by atoms with Crippen molar-refractivity contribution in [2.24, 2.45) is 11.1 Å². The molecule has 11 heteroatoms. The summed E-state index contributed by atoms with van der Waals surface area (Å²) in [6, 6.07) is 17.5. The topological polar surface area (TPSA) is 105 Å². The van der Waals surface area contributed by atoms with Crippen LogP contribution in [0.25, 0.3) is 0 Å². The monoisotopic (exact) mass is 610 g/mol. The van der Waals surface area contributed by atoms with Gasteiger partial charge >= 0.3 is 12.2 Å². The third-order valence-electron chi connectivity index (χ3n) is 7.56. The van der Waals surface area contributed by atoms with Gasteiger partial charge in [0.15, 0.2) is 0 Å². The standard InChI is InChI=1S/C33H37F3N4O4/c1-32(2,3)20-29(41)38-40-27(22-13-15-24(16-14-22)33(34,35)36)17-23(21-9-6-5-7-10-21)18-28(30(40)42)39(31(37)43)25-11-8-12-26(19-25)44-4/h5-16,19,23,27-28H,17-18,20H2,1-4H3,(H2,37,43)(H,38,41)/t23-,27?,28-/m1/s1. The molecule has 3 N–H and O–H groups in total. The third-order valence-corrected chi connectivity index (χ3v) is 7.56. The van der Waals surface area contributed by atoms with Crippen molar-refractivity contribution in [2.45, 2.75) is 64.2 Å². The molecule has 4 amide bonds. The first-order valence-corrected chi connectivity index (χ1v) is 14.3. The molecule has 44 heavy (non-hydrogen) atoms. The summed E-state index contributed by atoms with van der Waals surface area (Å²) in [5, 5.41) is 1.17. The Labute approximate surface area is 254 Å². The Balaban J connectivity index is 1.88. The molecule has 0 spiro atoms. The maximum absolute atomic E-state index is 14.6. The summed E-state index contributed by atoms with van der Waals surface area (Å²) < 4.78 is 45.6. The number of carbonyl (C=O) groups is 3. The van der Waals surface area contributed by atoms with Crippen molar-refractivity contribution in [3.8, 4) is 5.75 Å². The van der Waals surface area contributed by atoms with Crippen LogP contribution >= 0.6 is 0 Å². The molecule has 0 bridgehead atoms. The summed E-state index contributed by atoms with van der Waals surface area (Å²) in [5.74, 6) is -0.995. The predicted octanol–water partition coefficient (Wildman–Crippen LogP) is 6.58. The van der Waals surface area contributed by atoms with E-state index in [2.05, 4.69) is 5.43 Å². The van der Waals surface area contributed by atoms with E-state index in [9.17, 15) is 27.6 Å². The summed E-state index contributed by atoms with van der Waals surface area (Å²) in [6.45, 7) is 5.61. The minimum atomic E-state index is -4.55. The number of ether oxygens (including phenoxy) is 1. The molecule has 3 aromatic carbocycles. The fourth-order valence-corrected chi connectivity index (χ4v) is 5.56. The molecule has 1 aliphatic rings. The van der Waals surface area contributed by atoms with Crippen LogP contribution in [0, 0.1) is 5.41 Å². The lowest BCUT2D eigenvalue weighted by Gasteiger charge is -2.35. The van der Waals surface area contributed by atoms with Gasteiger partial charge in [-0.25, -0.2) is 9.80 Å². The van der Waals surface area contributed by atoms with E-state index in [0.717, 1.165) is 17.7 Å². The van der Waals surface area contributed by atoms with Gasteiger partial charge in [0.1, 0.15) is 11.8 Å². The molecule has 0 aliphatic carbocycles. The molecule has 1 unspecified atom stereocenters. The average molecular weight is 611 g/mol. The lowest BCUT2D eigenvalue weighted by molar-refractivity contribution is -0.145. The molecule has 0 radical (unpaired) electrons. The molecule has 0 aromatic heterocycles. The zero-order valence-electron chi connectivity index (χ0n) is 25.1. The summed E-state index contributed by atoms with van der Waals surface area (Å²) in [5.41, 5.74) is 8.97. The zero-order valence-corrected chi connectivity index (χ0v) is 25.1. The Hall–Kier alpha value is -4.54. The van der Waals surface area contributed by atoms with Crippen molar-refractivity contribution in [1.29, 1.82) is 0 Å². The highest BCUT2D eigenvalue weighted by molar-refractivity contribution is 6.00. The van der Waals surface area contributed by atoms with Crippen molar-refractivity contribution in [1.82, 2.24) is 10.4 Å². The van der Waals surface area contributed by atoms with Gasteiger partial charge < -0.3 is 10.5 Å². The molecular weight excluding hydrogens is 573 g/mol. The van der Waals surface area contributed by atoms with Crippen LogP contribution in [0.3, 0.4) is 0 Å².